The third kappa shape index (κ3) is 1.91. The SMILES string of the molecule is Cc1nc(N(C)CCN)n[nH]1. The lowest BCUT2D eigenvalue weighted by atomic mass is 10.6. The lowest BCUT2D eigenvalue weighted by Gasteiger charge is -2.11. The number of nitrogens with zero attached hydrogens (tertiary/aromatic N) is 3. The number of likely N-dealkylation sites (N-methyl/N-ethyl adjacent to an activating group) is 1. The van der Waals surface area contributed by atoms with E-state index in [-0.39, 0.29) is 0 Å². The first-order chi connectivity index (χ1) is 5.24. The Morgan fingerprint density at radius 1 is 1.64 bits per heavy atom. The molecular weight excluding hydrogens is 142 g/mol. The summed E-state index contributed by atoms with van der Waals surface area (Å²) in [6.07, 6.45) is 0. The van der Waals surface area contributed by atoms with Crippen molar-refractivity contribution >= 4 is 5.95 Å². The third-order valence-electron chi connectivity index (χ3n) is 1.39. The summed E-state index contributed by atoms with van der Waals surface area (Å²) < 4.78 is 0. The molecule has 0 spiro atoms. The van der Waals surface area contributed by atoms with Crippen molar-refractivity contribution in [2.45, 2.75) is 6.92 Å². The van der Waals surface area contributed by atoms with Crippen molar-refractivity contribution in [3.63, 3.8) is 0 Å². The van der Waals surface area contributed by atoms with E-state index in [1.807, 2.05) is 18.9 Å². The van der Waals surface area contributed by atoms with Gasteiger partial charge in [0.15, 0.2) is 0 Å². The Labute approximate surface area is 65.6 Å². The lowest BCUT2D eigenvalue weighted by molar-refractivity contribution is 0.849. The van der Waals surface area contributed by atoms with Gasteiger partial charge in [0.25, 0.3) is 0 Å². The van der Waals surface area contributed by atoms with Crippen molar-refractivity contribution < 1.29 is 0 Å². The van der Waals surface area contributed by atoms with Gasteiger partial charge in [-0.25, -0.2) is 0 Å². The van der Waals surface area contributed by atoms with Crippen LogP contribution >= 0.6 is 0 Å². The van der Waals surface area contributed by atoms with Gasteiger partial charge in [-0.15, -0.1) is 5.10 Å². The molecule has 0 atom stereocenters. The molecule has 0 aliphatic carbocycles. The van der Waals surface area contributed by atoms with Gasteiger partial charge in [0.05, 0.1) is 0 Å². The zero-order valence-electron chi connectivity index (χ0n) is 6.83. The van der Waals surface area contributed by atoms with Gasteiger partial charge < -0.3 is 10.6 Å². The number of H-pyrrole nitrogens is 1. The predicted molar refractivity (Wildman–Crippen MR) is 43.4 cm³/mol. The van der Waals surface area contributed by atoms with E-state index in [0.717, 1.165) is 12.4 Å². The number of hydrogen-bond acceptors (Lipinski definition) is 4. The van der Waals surface area contributed by atoms with Crippen LogP contribution in [0.1, 0.15) is 5.82 Å². The van der Waals surface area contributed by atoms with Crippen LogP contribution in [0, 0.1) is 6.92 Å². The van der Waals surface area contributed by atoms with Crippen molar-refractivity contribution in [1.29, 1.82) is 0 Å². The van der Waals surface area contributed by atoms with Crippen LogP contribution in [0.15, 0.2) is 0 Å². The molecule has 0 radical (unpaired) electrons. The quantitative estimate of drug-likeness (QED) is 0.617. The van der Waals surface area contributed by atoms with E-state index in [0.29, 0.717) is 12.5 Å². The van der Waals surface area contributed by atoms with Crippen molar-refractivity contribution in [3.8, 4) is 0 Å². The Morgan fingerprint density at radius 3 is 2.82 bits per heavy atom. The highest BCUT2D eigenvalue weighted by Crippen LogP contribution is 2.01. The van der Waals surface area contributed by atoms with Gasteiger partial charge in [-0.3, -0.25) is 5.10 Å². The highest BCUT2D eigenvalue weighted by atomic mass is 15.3. The zero-order chi connectivity index (χ0) is 8.27. The summed E-state index contributed by atoms with van der Waals surface area (Å²) in [5.74, 6) is 1.52. The molecule has 5 nitrogen and oxygen atoms in total. The molecule has 11 heavy (non-hydrogen) atoms. The van der Waals surface area contributed by atoms with Gasteiger partial charge in [0.2, 0.25) is 5.95 Å². The normalized spacial score (nSPS) is 10.1. The van der Waals surface area contributed by atoms with Gasteiger partial charge in [-0.2, -0.15) is 4.98 Å². The van der Waals surface area contributed by atoms with Gasteiger partial charge in [0.1, 0.15) is 5.82 Å². The zero-order valence-corrected chi connectivity index (χ0v) is 6.83. The molecule has 0 aliphatic rings. The number of nitrogens with two attached hydrogens (primary N) is 1. The Balaban J connectivity index is 2.60. The smallest absolute Gasteiger partial charge is 0.244 e. The van der Waals surface area contributed by atoms with Crippen LogP contribution in [0.25, 0.3) is 0 Å². The van der Waals surface area contributed by atoms with Gasteiger partial charge in [-0.1, -0.05) is 0 Å². The number of anilines is 1. The van der Waals surface area contributed by atoms with Crippen LogP contribution in [0.2, 0.25) is 0 Å². The number of hydrogen-bond donors (Lipinski definition) is 2. The number of aromatic amines is 1. The first-order valence-electron chi connectivity index (χ1n) is 3.54. The van der Waals surface area contributed by atoms with Gasteiger partial charge >= 0.3 is 0 Å². The molecule has 0 amide bonds. The minimum atomic E-state index is 0.615. The van der Waals surface area contributed by atoms with Gasteiger partial charge in [-0.05, 0) is 6.92 Å². The van der Waals surface area contributed by atoms with E-state index >= 15 is 0 Å². The summed E-state index contributed by atoms with van der Waals surface area (Å²) in [7, 11) is 1.91. The molecule has 62 valence electrons. The fourth-order valence-electron chi connectivity index (χ4n) is 0.795. The summed E-state index contributed by atoms with van der Waals surface area (Å²) in [6, 6.07) is 0. The number of aromatic nitrogens is 3. The second-order valence-corrected chi connectivity index (χ2v) is 2.43. The van der Waals surface area contributed by atoms with Crippen LogP contribution in [0.5, 0.6) is 0 Å². The second-order valence-electron chi connectivity index (χ2n) is 2.43. The molecular formula is C6H13N5. The molecule has 1 aromatic heterocycles. The van der Waals surface area contributed by atoms with Crippen LogP contribution in [-0.2, 0) is 0 Å². The molecule has 0 saturated heterocycles. The molecule has 1 aromatic rings. The maximum Gasteiger partial charge on any atom is 0.244 e. The fourth-order valence-corrected chi connectivity index (χ4v) is 0.795. The minimum Gasteiger partial charge on any atom is -0.341 e. The number of aryl methyl sites for hydroxylation is 1. The molecule has 5 heteroatoms. The Hall–Kier alpha value is -1.10. The second kappa shape index (κ2) is 3.34. The molecule has 0 fully saturated rings. The van der Waals surface area contributed by atoms with Crippen molar-refractivity contribution in [2.75, 3.05) is 25.0 Å². The predicted octanol–water partition coefficient (Wildman–Crippen LogP) is -0.492. The van der Waals surface area contributed by atoms with E-state index in [1.165, 1.54) is 0 Å². The van der Waals surface area contributed by atoms with Crippen LogP contribution in [-0.4, -0.2) is 35.3 Å². The monoisotopic (exact) mass is 155 g/mol. The van der Waals surface area contributed by atoms with E-state index in [1.54, 1.807) is 0 Å². The van der Waals surface area contributed by atoms with Crippen LogP contribution in [0.3, 0.4) is 0 Å². The topological polar surface area (TPSA) is 70.8 Å². The van der Waals surface area contributed by atoms with E-state index in [4.69, 9.17) is 5.73 Å². The molecule has 0 unspecified atom stereocenters. The maximum atomic E-state index is 5.37. The largest absolute Gasteiger partial charge is 0.341 e. The van der Waals surface area contributed by atoms with E-state index < -0.39 is 0 Å². The highest BCUT2D eigenvalue weighted by molar-refractivity contribution is 5.26. The summed E-state index contributed by atoms with van der Waals surface area (Å²) in [5, 5.41) is 6.73. The standard InChI is InChI=1S/C6H13N5/c1-5-8-6(10-9-5)11(2)4-3-7/h3-4,7H2,1-2H3,(H,8,9,10). The Kier molecular flexibility index (Phi) is 2.43. The summed E-state index contributed by atoms with van der Waals surface area (Å²) in [5.41, 5.74) is 5.37. The third-order valence-corrected chi connectivity index (χ3v) is 1.39. The van der Waals surface area contributed by atoms with E-state index in [2.05, 4.69) is 15.2 Å². The summed E-state index contributed by atoms with van der Waals surface area (Å²) >= 11 is 0. The maximum absolute atomic E-state index is 5.37. The van der Waals surface area contributed by atoms with Crippen molar-refractivity contribution in [1.82, 2.24) is 15.2 Å². The van der Waals surface area contributed by atoms with E-state index in [9.17, 15) is 0 Å². The lowest BCUT2D eigenvalue weighted by Crippen LogP contribution is -2.25. The number of nitrogens with one attached hydrogen (secondary N) is 1. The van der Waals surface area contributed by atoms with Gasteiger partial charge in [0, 0.05) is 20.1 Å². The Bertz CT molecular complexity index is 219. The van der Waals surface area contributed by atoms with Crippen LogP contribution < -0.4 is 10.6 Å². The van der Waals surface area contributed by atoms with Crippen molar-refractivity contribution in [3.05, 3.63) is 5.82 Å². The molecule has 0 bridgehead atoms. The highest BCUT2D eigenvalue weighted by Gasteiger charge is 2.03. The number of rotatable bonds is 3. The summed E-state index contributed by atoms with van der Waals surface area (Å²) in [6.45, 7) is 3.26. The molecule has 0 aromatic carbocycles. The molecule has 0 aliphatic heterocycles. The first kappa shape index (κ1) is 8.00. The Morgan fingerprint density at radius 2 is 2.36 bits per heavy atom. The minimum absolute atomic E-state index is 0.615. The van der Waals surface area contributed by atoms with Crippen molar-refractivity contribution in [2.24, 2.45) is 5.73 Å². The molecule has 3 N–H and O–H groups in total. The fraction of sp³-hybridized carbons (Fsp3) is 0.667. The average Bonchev–Trinajstić information content (AvgIpc) is 2.36. The molecule has 1 heterocycles. The average molecular weight is 155 g/mol. The molecule has 0 saturated carbocycles. The van der Waals surface area contributed by atoms with Crippen LogP contribution in [0.4, 0.5) is 5.95 Å². The summed E-state index contributed by atoms with van der Waals surface area (Å²) in [4.78, 5) is 6.04. The molecule has 1 rings (SSSR count). The first-order valence-corrected chi connectivity index (χ1v) is 3.54.